The van der Waals surface area contributed by atoms with E-state index in [1.54, 1.807) is 18.3 Å². The minimum Gasteiger partial charge on any atom is -0.465 e. The summed E-state index contributed by atoms with van der Waals surface area (Å²) >= 11 is 1.42. The molecule has 1 amide bonds. The Kier molecular flexibility index (Phi) is 6.20. The molecular weight excluding hydrogens is 366 g/mol. The molecule has 7 nitrogen and oxygen atoms in total. The number of esters is 1. The van der Waals surface area contributed by atoms with Crippen LogP contribution in [0, 0.1) is 5.41 Å². The minimum atomic E-state index is -0.584. The van der Waals surface area contributed by atoms with Gasteiger partial charge in [-0.2, -0.15) is 0 Å². The highest BCUT2D eigenvalue weighted by molar-refractivity contribution is 7.15. The molecule has 0 unspecified atom stereocenters. The van der Waals surface area contributed by atoms with Gasteiger partial charge in [0.25, 0.3) is 0 Å². The predicted octanol–water partition coefficient (Wildman–Crippen LogP) is 2.21. The number of carbonyl (C=O) groups is 2. The third-order valence-electron chi connectivity index (χ3n) is 4.82. The van der Waals surface area contributed by atoms with Gasteiger partial charge >= 0.3 is 5.97 Å². The van der Waals surface area contributed by atoms with E-state index in [2.05, 4.69) is 10.3 Å². The summed E-state index contributed by atoms with van der Waals surface area (Å²) in [6, 6.07) is 7.28. The molecule has 2 aromatic rings. The number of methoxy groups -OCH3 is 1. The number of carbonyl (C=O) groups excluding carboxylic acids is 2. The molecule has 2 heterocycles. The number of aromatic nitrogens is 1. The van der Waals surface area contributed by atoms with E-state index in [1.807, 2.05) is 12.1 Å². The third kappa shape index (κ3) is 4.52. The van der Waals surface area contributed by atoms with Crippen molar-refractivity contribution >= 4 is 28.3 Å². The summed E-state index contributed by atoms with van der Waals surface area (Å²) in [5.74, 6) is -0.459. The molecule has 0 aliphatic carbocycles. The van der Waals surface area contributed by atoms with Gasteiger partial charge in [-0.3, -0.25) is 4.79 Å². The lowest BCUT2D eigenvalue weighted by molar-refractivity contribution is -0.130. The molecule has 144 valence electrons. The number of benzene rings is 1. The quantitative estimate of drug-likeness (QED) is 0.734. The summed E-state index contributed by atoms with van der Waals surface area (Å²) in [5.41, 5.74) is 6.78. The van der Waals surface area contributed by atoms with Gasteiger partial charge in [-0.25, -0.2) is 9.78 Å². The van der Waals surface area contributed by atoms with Crippen LogP contribution in [0.2, 0.25) is 0 Å². The lowest BCUT2D eigenvalue weighted by Crippen LogP contribution is -2.46. The summed E-state index contributed by atoms with van der Waals surface area (Å²) in [6.45, 7) is 1.38. The summed E-state index contributed by atoms with van der Waals surface area (Å²) in [4.78, 5) is 29.7. The van der Waals surface area contributed by atoms with Crippen molar-refractivity contribution in [2.45, 2.75) is 19.3 Å². The number of nitrogens with zero attached hydrogens (tertiary/aromatic N) is 1. The molecule has 8 heteroatoms. The number of thiazole rings is 1. The van der Waals surface area contributed by atoms with Gasteiger partial charge in [0.1, 0.15) is 0 Å². The van der Waals surface area contributed by atoms with Crippen molar-refractivity contribution in [2.24, 2.45) is 11.1 Å². The number of ether oxygens (including phenoxy) is 2. The maximum Gasteiger partial charge on any atom is 0.337 e. The van der Waals surface area contributed by atoms with Gasteiger partial charge in [-0.1, -0.05) is 12.1 Å². The van der Waals surface area contributed by atoms with Crippen LogP contribution in [0.4, 0.5) is 5.13 Å². The highest BCUT2D eigenvalue weighted by atomic mass is 32.1. The number of nitrogens with two attached hydrogens (primary N) is 1. The predicted molar refractivity (Wildman–Crippen MR) is 103 cm³/mol. The van der Waals surface area contributed by atoms with Gasteiger partial charge in [-0.15, -0.1) is 11.3 Å². The van der Waals surface area contributed by atoms with Crippen molar-refractivity contribution in [1.29, 1.82) is 0 Å². The van der Waals surface area contributed by atoms with Crippen molar-refractivity contribution in [1.82, 2.24) is 4.98 Å². The first kappa shape index (κ1) is 19.5. The molecule has 0 atom stereocenters. The van der Waals surface area contributed by atoms with Crippen LogP contribution >= 0.6 is 11.3 Å². The maximum absolute atomic E-state index is 12.7. The largest absolute Gasteiger partial charge is 0.465 e. The molecule has 1 fully saturated rings. The summed E-state index contributed by atoms with van der Waals surface area (Å²) in [5, 5.41) is 3.46. The van der Waals surface area contributed by atoms with E-state index in [-0.39, 0.29) is 11.9 Å². The van der Waals surface area contributed by atoms with Gasteiger partial charge < -0.3 is 20.5 Å². The first-order valence-electron chi connectivity index (χ1n) is 8.77. The van der Waals surface area contributed by atoms with Gasteiger partial charge in [0.05, 0.1) is 18.1 Å². The SMILES string of the molecule is COC(=O)c1cccc(Cc2cnc(NC(=O)C3(CN)CCOCC3)s2)c1. The van der Waals surface area contributed by atoms with Crippen molar-refractivity contribution in [2.75, 3.05) is 32.2 Å². The zero-order valence-electron chi connectivity index (χ0n) is 15.2. The number of hydrogen-bond acceptors (Lipinski definition) is 7. The Hall–Kier alpha value is -2.29. The Bertz CT molecular complexity index is 815. The zero-order valence-corrected chi connectivity index (χ0v) is 16.0. The van der Waals surface area contributed by atoms with Gasteiger partial charge in [0, 0.05) is 37.3 Å². The van der Waals surface area contributed by atoms with Crippen LogP contribution in [0.15, 0.2) is 30.5 Å². The van der Waals surface area contributed by atoms with Crippen LogP contribution in [0.25, 0.3) is 0 Å². The van der Waals surface area contributed by atoms with Gasteiger partial charge in [0.2, 0.25) is 5.91 Å². The van der Waals surface area contributed by atoms with E-state index in [0.29, 0.717) is 49.7 Å². The summed E-state index contributed by atoms with van der Waals surface area (Å²) in [7, 11) is 1.36. The molecule has 1 saturated heterocycles. The van der Waals surface area contributed by atoms with Crippen LogP contribution in [0.3, 0.4) is 0 Å². The smallest absolute Gasteiger partial charge is 0.337 e. The van der Waals surface area contributed by atoms with Crippen LogP contribution in [0.5, 0.6) is 0 Å². The molecule has 1 aromatic heterocycles. The Labute approximate surface area is 161 Å². The summed E-state index contributed by atoms with van der Waals surface area (Å²) in [6.07, 6.45) is 3.60. The van der Waals surface area contributed by atoms with E-state index in [1.165, 1.54) is 18.4 Å². The average molecular weight is 389 g/mol. The highest BCUT2D eigenvalue weighted by Crippen LogP contribution is 2.32. The standard InChI is InChI=1S/C19H23N3O4S/c1-25-16(23)14-4-2-3-13(9-14)10-15-11-21-18(27-15)22-17(24)19(12-20)5-7-26-8-6-19/h2-4,9,11H,5-8,10,12,20H2,1H3,(H,21,22,24). The van der Waals surface area contributed by atoms with E-state index in [9.17, 15) is 9.59 Å². The molecule has 0 spiro atoms. The molecule has 27 heavy (non-hydrogen) atoms. The second kappa shape index (κ2) is 8.60. The van der Waals surface area contributed by atoms with Crippen LogP contribution in [-0.2, 0) is 20.7 Å². The third-order valence-corrected chi connectivity index (χ3v) is 5.74. The van der Waals surface area contributed by atoms with E-state index in [0.717, 1.165) is 10.4 Å². The van der Waals surface area contributed by atoms with Crippen LogP contribution in [0.1, 0.15) is 33.6 Å². The molecule has 1 aromatic carbocycles. The fourth-order valence-electron chi connectivity index (χ4n) is 3.09. The van der Waals surface area contributed by atoms with Crippen LogP contribution < -0.4 is 11.1 Å². The Balaban J connectivity index is 1.66. The number of rotatable bonds is 6. The minimum absolute atomic E-state index is 0.0955. The van der Waals surface area contributed by atoms with Gasteiger partial charge in [0.15, 0.2) is 5.13 Å². The Morgan fingerprint density at radius 3 is 2.85 bits per heavy atom. The molecule has 3 rings (SSSR count). The molecule has 3 N–H and O–H groups in total. The van der Waals surface area contributed by atoms with E-state index < -0.39 is 5.41 Å². The lowest BCUT2D eigenvalue weighted by Gasteiger charge is -2.34. The monoisotopic (exact) mass is 389 g/mol. The molecule has 0 bridgehead atoms. The average Bonchev–Trinajstić information content (AvgIpc) is 3.14. The van der Waals surface area contributed by atoms with Crippen molar-refractivity contribution < 1.29 is 19.1 Å². The number of nitrogens with one attached hydrogen (secondary N) is 1. The highest BCUT2D eigenvalue weighted by Gasteiger charge is 2.39. The molecule has 0 radical (unpaired) electrons. The Morgan fingerprint density at radius 2 is 2.15 bits per heavy atom. The first-order valence-corrected chi connectivity index (χ1v) is 9.59. The number of anilines is 1. The maximum atomic E-state index is 12.7. The van der Waals surface area contributed by atoms with E-state index in [4.69, 9.17) is 15.2 Å². The van der Waals surface area contributed by atoms with Crippen molar-refractivity contribution in [3.8, 4) is 0 Å². The Morgan fingerprint density at radius 1 is 1.37 bits per heavy atom. The normalized spacial score (nSPS) is 15.9. The zero-order chi connectivity index (χ0) is 19.3. The fourth-order valence-corrected chi connectivity index (χ4v) is 3.93. The second-order valence-electron chi connectivity index (χ2n) is 6.55. The first-order chi connectivity index (χ1) is 13.1. The van der Waals surface area contributed by atoms with Gasteiger partial charge in [-0.05, 0) is 30.5 Å². The fraction of sp³-hybridized carbons (Fsp3) is 0.421. The molecule has 1 aliphatic heterocycles. The summed E-state index contributed by atoms with van der Waals surface area (Å²) < 4.78 is 10.1. The van der Waals surface area contributed by atoms with Crippen molar-refractivity contribution in [3.63, 3.8) is 0 Å². The van der Waals surface area contributed by atoms with E-state index >= 15 is 0 Å². The molecule has 0 saturated carbocycles. The lowest BCUT2D eigenvalue weighted by atomic mass is 9.79. The molecular formula is C19H23N3O4S. The number of amides is 1. The van der Waals surface area contributed by atoms with Crippen molar-refractivity contribution in [3.05, 3.63) is 46.5 Å². The van der Waals surface area contributed by atoms with Crippen LogP contribution in [-0.4, -0.2) is 43.7 Å². The molecule has 1 aliphatic rings. The second-order valence-corrected chi connectivity index (χ2v) is 7.67. The topological polar surface area (TPSA) is 104 Å². The number of hydrogen-bond donors (Lipinski definition) is 2.